The number of nitrogens with one attached hydrogen (secondary N) is 2. The summed E-state index contributed by atoms with van der Waals surface area (Å²) in [6.45, 7) is 0. The van der Waals surface area contributed by atoms with E-state index in [4.69, 9.17) is 9.97 Å². The molecule has 0 fully saturated rings. The number of rotatable bonds is 12. The van der Waals surface area contributed by atoms with Crippen LogP contribution in [0, 0.1) is 0 Å². The lowest BCUT2D eigenvalue weighted by Crippen LogP contribution is -2.00. The van der Waals surface area contributed by atoms with Crippen molar-refractivity contribution in [1.29, 1.82) is 0 Å². The van der Waals surface area contributed by atoms with Crippen molar-refractivity contribution in [2.45, 2.75) is 25.7 Å². The third kappa shape index (κ3) is 8.48. The summed E-state index contributed by atoms with van der Waals surface area (Å²) in [6.07, 6.45) is 6.85. The number of nitrogens with zero attached hydrogens (tertiary/aromatic N) is 2. The van der Waals surface area contributed by atoms with E-state index in [2.05, 4.69) is 9.97 Å². The van der Waals surface area contributed by atoms with E-state index in [1.165, 1.54) is 0 Å². The van der Waals surface area contributed by atoms with Crippen molar-refractivity contribution in [3.63, 3.8) is 0 Å². The fourth-order valence-corrected chi connectivity index (χ4v) is 8.47. The van der Waals surface area contributed by atoms with Crippen molar-refractivity contribution < 1.29 is 39.6 Å². The number of carbonyl (C=O) groups is 4. The Hall–Kier alpha value is -8.64. The van der Waals surface area contributed by atoms with Crippen LogP contribution in [0.2, 0.25) is 0 Å². The first-order chi connectivity index (χ1) is 30.9. The molecule has 2 aliphatic rings. The van der Waals surface area contributed by atoms with Crippen LogP contribution < -0.4 is 0 Å². The normalized spacial score (nSPS) is 11.8. The number of fused-ring (bicyclic) bond motifs is 8. The van der Waals surface area contributed by atoms with Gasteiger partial charge >= 0.3 is 23.9 Å². The minimum absolute atomic E-state index is 0.186. The van der Waals surface area contributed by atoms with Crippen LogP contribution in [0.5, 0.6) is 0 Å². The molecule has 12 nitrogen and oxygen atoms in total. The van der Waals surface area contributed by atoms with Gasteiger partial charge in [0.2, 0.25) is 0 Å². The van der Waals surface area contributed by atoms with Crippen LogP contribution in [-0.4, -0.2) is 64.2 Å². The molecule has 5 heterocycles. The third-order valence-corrected chi connectivity index (χ3v) is 11.0. The minimum Gasteiger partial charge on any atom is -0.481 e. The Bertz CT molecular complexity index is 2890. The quantitative estimate of drug-likeness (QED) is 0.0686. The molecule has 12 heteroatoms. The SMILES string of the molecule is O=C(O)Cc1cccc(-c2c3nc(c(-c4cccc(CC(=O)O)c4)c4ccc([nH]4)c(-c4cccc(CC(=O)O)c4)c4nc(c(-c5cccc(CC(=O)O)c5)c5ccc2[nH]5)C=C4)C=C3)c1. The van der Waals surface area contributed by atoms with Gasteiger partial charge in [0, 0.05) is 44.3 Å². The van der Waals surface area contributed by atoms with Crippen LogP contribution in [0.4, 0.5) is 0 Å². The summed E-state index contributed by atoms with van der Waals surface area (Å²) in [4.78, 5) is 65.2. The molecule has 0 saturated heterocycles. The number of carboxylic acids is 4. The summed E-state index contributed by atoms with van der Waals surface area (Å²) in [7, 11) is 0. The van der Waals surface area contributed by atoms with Gasteiger partial charge in [0.15, 0.2) is 0 Å². The lowest BCUT2D eigenvalue weighted by molar-refractivity contribution is -0.137. The highest BCUT2D eigenvalue weighted by molar-refractivity contribution is 6.00. The Morgan fingerprint density at radius 3 is 0.812 bits per heavy atom. The molecular weight excluding hydrogens is 809 g/mol. The zero-order chi connectivity index (χ0) is 44.5. The summed E-state index contributed by atoms with van der Waals surface area (Å²) in [5.41, 5.74) is 13.0. The number of hydrogen-bond acceptors (Lipinski definition) is 6. The Morgan fingerprint density at radius 2 is 0.594 bits per heavy atom. The van der Waals surface area contributed by atoms with Gasteiger partial charge in [-0.2, -0.15) is 0 Å². The molecular formula is C52H38N4O8. The molecule has 0 aliphatic carbocycles. The Labute approximate surface area is 365 Å². The van der Waals surface area contributed by atoms with Crippen molar-refractivity contribution in [2.75, 3.05) is 0 Å². The molecule has 0 amide bonds. The van der Waals surface area contributed by atoms with Gasteiger partial charge in [-0.25, -0.2) is 9.97 Å². The Balaban J connectivity index is 1.44. The number of benzene rings is 4. The molecule has 0 atom stereocenters. The maximum absolute atomic E-state index is 11.9. The number of aromatic nitrogens is 4. The first-order valence-corrected chi connectivity index (χ1v) is 20.4. The van der Waals surface area contributed by atoms with E-state index < -0.39 is 23.9 Å². The number of aliphatic carboxylic acids is 4. The second-order valence-electron chi connectivity index (χ2n) is 15.6. The fourth-order valence-electron chi connectivity index (χ4n) is 8.47. The summed E-state index contributed by atoms with van der Waals surface area (Å²) in [5, 5.41) is 38.8. The highest BCUT2D eigenvalue weighted by Crippen LogP contribution is 2.39. The highest BCUT2D eigenvalue weighted by Gasteiger charge is 2.20. The van der Waals surface area contributed by atoms with Crippen molar-refractivity contribution in [3.8, 4) is 44.5 Å². The molecule has 0 saturated carbocycles. The largest absolute Gasteiger partial charge is 0.481 e. The van der Waals surface area contributed by atoms with Crippen LogP contribution in [0.1, 0.15) is 45.0 Å². The van der Waals surface area contributed by atoms with Crippen molar-refractivity contribution in [1.82, 2.24) is 19.9 Å². The molecule has 0 unspecified atom stereocenters. The van der Waals surface area contributed by atoms with Gasteiger partial charge in [0.25, 0.3) is 0 Å². The van der Waals surface area contributed by atoms with Gasteiger partial charge in [-0.15, -0.1) is 0 Å². The fraction of sp³-hybridized carbons (Fsp3) is 0.0769. The number of aromatic amines is 2. The van der Waals surface area contributed by atoms with E-state index in [1.54, 1.807) is 24.3 Å². The van der Waals surface area contributed by atoms with Crippen LogP contribution in [0.15, 0.2) is 121 Å². The summed E-state index contributed by atoms with van der Waals surface area (Å²) < 4.78 is 0. The monoisotopic (exact) mass is 846 g/mol. The molecule has 9 rings (SSSR count). The molecule has 314 valence electrons. The van der Waals surface area contributed by atoms with Crippen LogP contribution in [-0.2, 0) is 44.9 Å². The minimum atomic E-state index is -0.968. The molecule has 0 radical (unpaired) electrons. The first-order valence-electron chi connectivity index (χ1n) is 20.4. The molecule has 2 aliphatic heterocycles. The van der Waals surface area contributed by atoms with Crippen molar-refractivity contribution in [2.24, 2.45) is 0 Å². The van der Waals surface area contributed by atoms with Crippen LogP contribution >= 0.6 is 0 Å². The van der Waals surface area contributed by atoms with Gasteiger partial charge in [-0.1, -0.05) is 97.1 Å². The lowest BCUT2D eigenvalue weighted by Gasteiger charge is -2.09. The van der Waals surface area contributed by atoms with E-state index in [-0.39, 0.29) is 25.7 Å². The first kappa shape index (κ1) is 40.7. The topological polar surface area (TPSA) is 207 Å². The molecule has 0 spiro atoms. The van der Waals surface area contributed by atoms with E-state index in [9.17, 15) is 39.6 Å². The molecule has 6 N–H and O–H groups in total. The number of H-pyrrole nitrogens is 2. The average Bonchev–Trinajstić information content (AvgIpc) is 4.09. The van der Waals surface area contributed by atoms with Gasteiger partial charge in [0.1, 0.15) is 0 Å². The number of hydrogen-bond donors (Lipinski definition) is 6. The molecule has 7 aromatic rings. The van der Waals surface area contributed by atoms with Gasteiger partial charge in [0.05, 0.1) is 48.5 Å². The second kappa shape index (κ2) is 17.0. The van der Waals surface area contributed by atoms with Gasteiger partial charge in [-0.3, -0.25) is 19.2 Å². The van der Waals surface area contributed by atoms with Crippen molar-refractivity contribution >= 4 is 70.2 Å². The smallest absolute Gasteiger partial charge is 0.307 e. The van der Waals surface area contributed by atoms with Crippen LogP contribution in [0.25, 0.3) is 90.9 Å². The Morgan fingerprint density at radius 1 is 0.359 bits per heavy atom. The summed E-state index contributed by atoms with van der Waals surface area (Å²) in [6, 6.07) is 36.9. The third-order valence-electron chi connectivity index (χ3n) is 11.0. The molecule has 4 aromatic carbocycles. The van der Waals surface area contributed by atoms with Gasteiger partial charge in [-0.05, 0) is 93.1 Å². The van der Waals surface area contributed by atoms with E-state index >= 15 is 0 Å². The average molecular weight is 847 g/mol. The van der Waals surface area contributed by atoms with Crippen LogP contribution in [0.3, 0.4) is 0 Å². The highest BCUT2D eigenvalue weighted by atomic mass is 16.4. The predicted molar refractivity (Wildman–Crippen MR) is 246 cm³/mol. The predicted octanol–water partition coefficient (Wildman–Crippen LogP) is 9.83. The molecule has 8 bridgehead atoms. The van der Waals surface area contributed by atoms with Gasteiger partial charge < -0.3 is 30.4 Å². The zero-order valence-electron chi connectivity index (χ0n) is 34.0. The molecule has 3 aromatic heterocycles. The Kier molecular flexibility index (Phi) is 10.8. The summed E-state index contributed by atoms with van der Waals surface area (Å²) in [5.74, 6) is -3.87. The maximum atomic E-state index is 11.9. The lowest BCUT2D eigenvalue weighted by atomic mass is 10.00. The van der Waals surface area contributed by atoms with E-state index in [0.717, 1.165) is 0 Å². The number of carboxylic acid groups (broad SMARTS) is 4. The summed E-state index contributed by atoms with van der Waals surface area (Å²) >= 11 is 0. The zero-order valence-corrected chi connectivity index (χ0v) is 34.0. The van der Waals surface area contributed by atoms with Crippen molar-refractivity contribution in [3.05, 3.63) is 166 Å². The standard InChI is InChI=1S/C52H38N4O8/c57-45(58)25-29-5-1-9-33(21-29)49-37-13-15-39(53-37)50(34-10-2-6-30(22-34)26-46(59)60)41-17-19-43(55-41)52(36-12-4-8-32(24-36)28-48(63)64)44-20-18-42(56-44)51(40-16-14-38(49)54-40)35-11-3-7-31(23-35)27-47(61)62/h1-24,53,56H,25-28H2,(H,57,58)(H,59,60)(H,61,62)(H,63,64). The maximum Gasteiger partial charge on any atom is 0.307 e. The second-order valence-corrected chi connectivity index (χ2v) is 15.6. The van der Waals surface area contributed by atoms with E-state index in [0.29, 0.717) is 112 Å². The van der Waals surface area contributed by atoms with E-state index in [1.807, 2.05) is 121 Å². The molecule has 64 heavy (non-hydrogen) atoms.